The van der Waals surface area contributed by atoms with Crippen LogP contribution in [0.1, 0.15) is 24.3 Å². The van der Waals surface area contributed by atoms with E-state index in [0.29, 0.717) is 5.02 Å². The van der Waals surface area contributed by atoms with Gasteiger partial charge in [-0.05, 0) is 43.7 Å². The van der Waals surface area contributed by atoms with Gasteiger partial charge in [0, 0.05) is 10.7 Å². The molecule has 20 heavy (non-hydrogen) atoms. The second-order valence-electron chi connectivity index (χ2n) is 4.63. The smallest absolute Gasteiger partial charge is 0.238 e. The summed E-state index contributed by atoms with van der Waals surface area (Å²) in [6, 6.07) is 9.08. The van der Waals surface area contributed by atoms with Crippen LogP contribution in [0.4, 0.5) is 5.69 Å². The quantitative estimate of drug-likeness (QED) is 0.886. The molecule has 106 valence electrons. The lowest BCUT2D eigenvalue weighted by Gasteiger charge is -2.12. The van der Waals surface area contributed by atoms with Crippen LogP contribution in [-0.4, -0.2) is 12.5 Å². The van der Waals surface area contributed by atoms with Crippen molar-refractivity contribution in [1.29, 1.82) is 0 Å². The van der Waals surface area contributed by atoms with Crippen LogP contribution in [0.25, 0.3) is 0 Å². The number of furan rings is 1. The van der Waals surface area contributed by atoms with Gasteiger partial charge in [0.2, 0.25) is 5.91 Å². The molecular weight excluding hydrogens is 276 g/mol. The van der Waals surface area contributed by atoms with Crippen LogP contribution in [0.3, 0.4) is 0 Å². The van der Waals surface area contributed by atoms with Crippen LogP contribution >= 0.6 is 11.6 Å². The fourth-order valence-electron chi connectivity index (χ4n) is 1.81. The number of nitrogens with one attached hydrogen (secondary N) is 2. The summed E-state index contributed by atoms with van der Waals surface area (Å²) in [7, 11) is 0. The molecule has 4 nitrogen and oxygen atoms in total. The highest BCUT2D eigenvalue weighted by Crippen LogP contribution is 2.20. The Morgan fingerprint density at radius 1 is 1.40 bits per heavy atom. The molecule has 0 aliphatic rings. The molecule has 1 unspecified atom stereocenters. The maximum absolute atomic E-state index is 11.9. The highest BCUT2D eigenvalue weighted by molar-refractivity contribution is 6.31. The first kappa shape index (κ1) is 14.6. The van der Waals surface area contributed by atoms with Crippen LogP contribution in [0.2, 0.25) is 5.02 Å². The zero-order valence-corrected chi connectivity index (χ0v) is 12.2. The minimum Gasteiger partial charge on any atom is -0.468 e. The summed E-state index contributed by atoms with van der Waals surface area (Å²) >= 11 is 5.92. The number of carbonyl (C=O) groups is 1. The van der Waals surface area contributed by atoms with Gasteiger partial charge in [0.1, 0.15) is 5.76 Å². The van der Waals surface area contributed by atoms with Crippen molar-refractivity contribution in [3.63, 3.8) is 0 Å². The van der Waals surface area contributed by atoms with E-state index in [9.17, 15) is 4.79 Å². The lowest BCUT2D eigenvalue weighted by atomic mass is 10.2. The van der Waals surface area contributed by atoms with Gasteiger partial charge in [-0.25, -0.2) is 0 Å². The third kappa shape index (κ3) is 3.85. The molecule has 0 radical (unpaired) electrons. The maximum atomic E-state index is 11.9. The van der Waals surface area contributed by atoms with E-state index in [0.717, 1.165) is 17.0 Å². The van der Waals surface area contributed by atoms with Crippen molar-refractivity contribution in [3.8, 4) is 0 Å². The molecule has 1 aromatic carbocycles. The van der Waals surface area contributed by atoms with E-state index in [1.165, 1.54) is 0 Å². The number of anilines is 1. The molecule has 0 saturated carbocycles. The molecule has 2 N–H and O–H groups in total. The van der Waals surface area contributed by atoms with Crippen LogP contribution in [0, 0.1) is 6.92 Å². The molecule has 5 heteroatoms. The van der Waals surface area contributed by atoms with Crippen LogP contribution in [0.5, 0.6) is 0 Å². The Balaban J connectivity index is 1.88. The van der Waals surface area contributed by atoms with Gasteiger partial charge < -0.3 is 9.73 Å². The number of amides is 1. The zero-order chi connectivity index (χ0) is 14.5. The SMILES string of the molecule is Cc1ccc(Cl)cc1NC(=O)CNC(C)c1ccco1. The second-order valence-corrected chi connectivity index (χ2v) is 5.06. The first-order valence-electron chi connectivity index (χ1n) is 6.39. The topological polar surface area (TPSA) is 54.3 Å². The third-order valence-corrected chi connectivity index (χ3v) is 3.25. The summed E-state index contributed by atoms with van der Waals surface area (Å²) in [5.41, 5.74) is 1.71. The number of hydrogen-bond donors (Lipinski definition) is 2. The first-order valence-corrected chi connectivity index (χ1v) is 6.77. The summed E-state index contributed by atoms with van der Waals surface area (Å²) in [5.74, 6) is 0.686. The summed E-state index contributed by atoms with van der Waals surface area (Å²) in [5, 5.41) is 6.54. The number of rotatable bonds is 5. The molecule has 0 bridgehead atoms. The van der Waals surface area contributed by atoms with Gasteiger partial charge in [0.25, 0.3) is 0 Å². The Morgan fingerprint density at radius 3 is 2.90 bits per heavy atom. The second kappa shape index (κ2) is 6.59. The minimum absolute atomic E-state index is 0.0174. The Morgan fingerprint density at radius 2 is 2.20 bits per heavy atom. The van der Waals surface area contributed by atoms with Crippen LogP contribution < -0.4 is 10.6 Å². The van der Waals surface area contributed by atoms with Gasteiger partial charge in [-0.3, -0.25) is 10.1 Å². The van der Waals surface area contributed by atoms with Crippen molar-refractivity contribution >= 4 is 23.2 Å². The van der Waals surface area contributed by atoms with E-state index in [-0.39, 0.29) is 18.5 Å². The summed E-state index contributed by atoms with van der Waals surface area (Å²) in [6.45, 7) is 4.06. The molecule has 2 rings (SSSR count). The number of carbonyl (C=O) groups excluding carboxylic acids is 1. The molecule has 0 saturated heterocycles. The molecule has 0 aliphatic heterocycles. The zero-order valence-electron chi connectivity index (χ0n) is 11.4. The number of halogens is 1. The molecule has 1 heterocycles. The van der Waals surface area contributed by atoms with E-state index >= 15 is 0 Å². The predicted octanol–water partition coefficient (Wildman–Crippen LogP) is 3.53. The summed E-state index contributed by atoms with van der Waals surface area (Å²) < 4.78 is 5.27. The molecular formula is C15H17ClN2O2. The first-order chi connectivity index (χ1) is 9.56. The average molecular weight is 293 g/mol. The minimum atomic E-state index is -0.117. The lowest BCUT2D eigenvalue weighted by molar-refractivity contribution is -0.115. The lowest BCUT2D eigenvalue weighted by Crippen LogP contribution is -2.30. The van der Waals surface area contributed by atoms with Gasteiger partial charge in [0.15, 0.2) is 0 Å². The molecule has 1 amide bonds. The van der Waals surface area contributed by atoms with Crippen molar-refractivity contribution in [1.82, 2.24) is 5.32 Å². The van der Waals surface area contributed by atoms with Crippen molar-refractivity contribution in [3.05, 3.63) is 52.9 Å². The van der Waals surface area contributed by atoms with Gasteiger partial charge in [-0.2, -0.15) is 0 Å². The number of hydrogen-bond acceptors (Lipinski definition) is 3. The van der Waals surface area contributed by atoms with E-state index in [1.807, 2.05) is 32.0 Å². The summed E-state index contributed by atoms with van der Waals surface area (Å²) in [4.78, 5) is 11.9. The molecule has 0 aliphatic carbocycles. The summed E-state index contributed by atoms with van der Waals surface area (Å²) in [6.07, 6.45) is 1.61. The van der Waals surface area contributed by atoms with Crippen LogP contribution in [-0.2, 0) is 4.79 Å². The maximum Gasteiger partial charge on any atom is 0.238 e. The van der Waals surface area contributed by atoms with E-state index in [4.69, 9.17) is 16.0 Å². The van der Waals surface area contributed by atoms with Crippen LogP contribution in [0.15, 0.2) is 41.0 Å². The standard InChI is InChI=1S/C15H17ClN2O2/c1-10-5-6-12(16)8-13(10)18-15(19)9-17-11(2)14-4-3-7-20-14/h3-8,11,17H,9H2,1-2H3,(H,18,19). The van der Waals surface area contributed by atoms with E-state index < -0.39 is 0 Å². The molecule has 1 atom stereocenters. The molecule has 2 aromatic rings. The fourth-order valence-corrected chi connectivity index (χ4v) is 1.98. The van der Waals surface area contributed by atoms with Crippen molar-refractivity contribution < 1.29 is 9.21 Å². The highest BCUT2D eigenvalue weighted by atomic mass is 35.5. The number of benzene rings is 1. The van der Waals surface area contributed by atoms with Crippen molar-refractivity contribution in [2.45, 2.75) is 19.9 Å². The van der Waals surface area contributed by atoms with Gasteiger partial charge in [-0.1, -0.05) is 17.7 Å². The van der Waals surface area contributed by atoms with Gasteiger partial charge >= 0.3 is 0 Å². The normalized spacial score (nSPS) is 12.2. The van der Waals surface area contributed by atoms with Gasteiger partial charge in [0.05, 0.1) is 18.8 Å². The molecule has 0 fully saturated rings. The average Bonchev–Trinajstić information content (AvgIpc) is 2.94. The Kier molecular flexibility index (Phi) is 4.82. The fraction of sp³-hybridized carbons (Fsp3) is 0.267. The monoisotopic (exact) mass is 292 g/mol. The third-order valence-electron chi connectivity index (χ3n) is 3.01. The van der Waals surface area contributed by atoms with E-state index in [1.54, 1.807) is 18.4 Å². The Bertz CT molecular complexity index is 582. The number of aryl methyl sites for hydroxylation is 1. The van der Waals surface area contributed by atoms with Gasteiger partial charge in [-0.15, -0.1) is 0 Å². The Labute approximate surface area is 123 Å². The predicted molar refractivity (Wildman–Crippen MR) is 79.9 cm³/mol. The van der Waals surface area contributed by atoms with E-state index in [2.05, 4.69) is 10.6 Å². The largest absolute Gasteiger partial charge is 0.468 e. The molecule has 0 spiro atoms. The van der Waals surface area contributed by atoms with Crippen molar-refractivity contribution in [2.75, 3.05) is 11.9 Å². The van der Waals surface area contributed by atoms with Crippen molar-refractivity contribution in [2.24, 2.45) is 0 Å². The molecule has 1 aromatic heterocycles. The Hall–Kier alpha value is -1.78. The highest BCUT2D eigenvalue weighted by Gasteiger charge is 2.10.